The minimum absolute atomic E-state index is 0.0528. The molecule has 1 saturated heterocycles. The fourth-order valence-corrected chi connectivity index (χ4v) is 5.01. The number of aryl methyl sites for hydroxylation is 1. The number of phenols is 1. The molecule has 0 amide bonds. The summed E-state index contributed by atoms with van der Waals surface area (Å²) in [6, 6.07) is 10.2. The highest BCUT2D eigenvalue weighted by Crippen LogP contribution is 2.34. The van der Waals surface area contributed by atoms with E-state index >= 15 is 0 Å². The third-order valence-electron chi connectivity index (χ3n) is 7.05. The number of halogens is 1. The summed E-state index contributed by atoms with van der Waals surface area (Å²) in [6.07, 6.45) is 5.46. The number of anilines is 2. The van der Waals surface area contributed by atoms with E-state index < -0.39 is 5.82 Å². The first-order valence-electron chi connectivity index (χ1n) is 12.5. The van der Waals surface area contributed by atoms with Gasteiger partial charge in [-0.25, -0.2) is 14.4 Å². The molecule has 0 aliphatic carbocycles. The molecular formula is C28H35FN6O. The van der Waals surface area contributed by atoms with E-state index in [-0.39, 0.29) is 34.4 Å². The van der Waals surface area contributed by atoms with Crippen molar-refractivity contribution >= 4 is 17.3 Å². The lowest BCUT2D eigenvalue weighted by molar-refractivity contribution is 0.255. The van der Waals surface area contributed by atoms with Crippen molar-refractivity contribution in [1.82, 2.24) is 14.9 Å². The number of likely N-dealkylation sites (tertiary alicyclic amines) is 1. The van der Waals surface area contributed by atoms with E-state index in [1.54, 1.807) is 0 Å². The van der Waals surface area contributed by atoms with Gasteiger partial charge in [0, 0.05) is 11.6 Å². The summed E-state index contributed by atoms with van der Waals surface area (Å²) in [5.41, 5.74) is 10.4. The highest BCUT2D eigenvalue weighted by Gasteiger charge is 2.23. The summed E-state index contributed by atoms with van der Waals surface area (Å²) in [7, 11) is 2.17. The van der Waals surface area contributed by atoms with Crippen LogP contribution in [0.25, 0.3) is 0 Å². The summed E-state index contributed by atoms with van der Waals surface area (Å²) >= 11 is 0. The number of phenolic OH excluding ortho intramolecular Hbond substituents is 1. The topological polar surface area (TPSA) is 111 Å². The van der Waals surface area contributed by atoms with Gasteiger partial charge in [-0.1, -0.05) is 31.5 Å². The largest absolute Gasteiger partial charge is 0.508 e. The number of aromatic nitrogens is 2. The van der Waals surface area contributed by atoms with E-state index in [1.807, 2.05) is 0 Å². The minimum atomic E-state index is -0.634. The average molecular weight is 491 g/mol. The number of benzene rings is 2. The van der Waals surface area contributed by atoms with Crippen LogP contribution in [0.5, 0.6) is 5.75 Å². The Balaban J connectivity index is 1.69. The number of rotatable bonds is 8. The second-order valence-electron chi connectivity index (χ2n) is 9.73. The van der Waals surface area contributed by atoms with Crippen LogP contribution in [0.3, 0.4) is 0 Å². The number of nitrogens with zero attached hydrogens (tertiary/aromatic N) is 3. The Hall–Kier alpha value is -3.52. The number of nitrogens with one attached hydrogen (secondary N) is 2. The van der Waals surface area contributed by atoms with Crippen LogP contribution in [-0.4, -0.2) is 45.8 Å². The smallest absolute Gasteiger partial charge is 0.141 e. The van der Waals surface area contributed by atoms with Gasteiger partial charge in [0.25, 0.3) is 0 Å². The molecule has 1 atom stereocenters. The molecule has 5 N–H and O–H groups in total. The number of piperidine rings is 1. The normalized spacial score (nSPS) is 15.6. The van der Waals surface area contributed by atoms with Crippen LogP contribution < -0.4 is 11.1 Å². The van der Waals surface area contributed by atoms with Crippen LogP contribution in [0.2, 0.25) is 0 Å². The van der Waals surface area contributed by atoms with Crippen LogP contribution in [-0.2, 0) is 0 Å². The maximum atomic E-state index is 14.0. The first-order chi connectivity index (χ1) is 17.3. The van der Waals surface area contributed by atoms with Gasteiger partial charge < -0.3 is 21.1 Å². The molecule has 36 heavy (non-hydrogen) atoms. The van der Waals surface area contributed by atoms with Crippen molar-refractivity contribution < 1.29 is 9.50 Å². The van der Waals surface area contributed by atoms with Gasteiger partial charge in [-0.2, -0.15) is 0 Å². The van der Waals surface area contributed by atoms with Gasteiger partial charge in [0.2, 0.25) is 0 Å². The number of nitrogen functional groups attached to an aromatic ring is 1. The van der Waals surface area contributed by atoms with Crippen LogP contribution in [0.15, 0.2) is 42.7 Å². The Morgan fingerprint density at radius 1 is 1.22 bits per heavy atom. The van der Waals surface area contributed by atoms with Gasteiger partial charge in [-0.3, -0.25) is 5.41 Å². The Labute approximate surface area is 212 Å². The molecule has 4 rings (SSSR count). The molecule has 0 bridgehead atoms. The zero-order valence-electron chi connectivity index (χ0n) is 21.2. The first kappa shape index (κ1) is 25.6. The second-order valence-corrected chi connectivity index (χ2v) is 9.73. The summed E-state index contributed by atoms with van der Waals surface area (Å²) in [5.74, 6) is 0.184. The number of hydrogen-bond acceptors (Lipinski definition) is 7. The SMILES string of the molecule is CCCC(Nc1ncnc(N)c1C(=N)c1cc(O)cc(F)c1)c1cc(C2CCN(C)CC2)ccc1C. The number of hydrogen-bond donors (Lipinski definition) is 4. The first-order valence-corrected chi connectivity index (χ1v) is 12.5. The lowest BCUT2D eigenvalue weighted by Gasteiger charge is -2.30. The van der Waals surface area contributed by atoms with Crippen molar-refractivity contribution in [3.8, 4) is 5.75 Å². The molecule has 1 fully saturated rings. The van der Waals surface area contributed by atoms with Crippen molar-refractivity contribution in [2.24, 2.45) is 0 Å². The van der Waals surface area contributed by atoms with Gasteiger partial charge in [0.05, 0.1) is 17.3 Å². The molecule has 190 valence electrons. The quantitative estimate of drug-likeness (QED) is 0.315. The zero-order chi connectivity index (χ0) is 25.8. The van der Waals surface area contributed by atoms with Gasteiger partial charge in [-0.15, -0.1) is 0 Å². The molecule has 3 aromatic rings. The minimum Gasteiger partial charge on any atom is -0.508 e. The van der Waals surface area contributed by atoms with Crippen LogP contribution in [0.1, 0.15) is 72.4 Å². The lowest BCUT2D eigenvalue weighted by atomic mass is 9.86. The van der Waals surface area contributed by atoms with E-state index in [2.05, 4.69) is 59.3 Å². The Bertz CT molecular complexity index is 1220. The average Bonchev–Trinajstić information content (AvgIpc) is 2.84. The molecule has 2 heterocycles. The number of nitrogens with two attached hydrogens (primary N) is 1. The molecule has 0 radical (unpaired) electrons. The van der Waals surface area contributed by atoms with Crippen molar-refractivity contribution in [2.45, 2.75) is 51.5 Å². The summed E-state index contributed by atoms with van der Waals surface area (Å²) in [4.78, 5) is 10.9. The number of aromatic hydroxyl groups is 1. The fraction of sp³-hybridized carbons (Fsp3) is 0.393. The van der Waals surface area contributed by atoms with Gasteiger partial charge >= 0.3 is 0 Å². The molecule has 1 aromatic heterocycles. The Morgan fingerprint density at radius 2 is 1.97 bits per heavy atom. The summed E-state index contributed by atoms with van der Waals surface area (Å²) < 4.78 is 14.0. The molecule has 2 aromatic carbocycles. The standard InChI is InChI=1S/C28H35FN6O/c1-4-5-24(23-14-19(7-6-17(23)2)18-8-10-35(3)11-9-18)34-28-25(27(31)32-16-33-28)26(30)20-12-21(29)15-22(36)13-20/h6-7,12-16,18,24,30,36H,4-5,8-11H2,1-3H3,(H3,31,32,33,34). The molecule has 1 aliphatic heterocycles. The maximum absolute atomic E-state index is 14.0. The third kappa shape index (κ3) is 5.65. The van der Waals surface area contributed by atoms with E-state index in [9.17, 15) is 9.50 Å². The van der Waals surface area contributed by atoms with Crippen LogP contribution >= 0.6 is 0 Å². The highest BCUT2D eigenvalue weighted by atomic mass is 19.1. The van der Waals surface area contributed by atoms with Crippen molar-refractivity contribution in [3.05, 3.63) is 76.4 Å². The zero-order valence-corrected chi connectivity index (χ0v) is 21.2. The predicted octanol–water partition coefficient (Wildman–Crippen LogP) is 5.39. The van der Waals surface area contributed by atoms with E-state index in [4.69, 9.17) is 11.1 Å². The molecule has 1 aliphatic rings. The van der Waals surface area contributed by atoms with Crippen LogP contribution in [0.4, 0.5) is 16.0 Å². The molecule has 0 spiro atoms. The Kier molecular flexibility index (Phi) is 7.84. The fourth-order valence-electron chi connectivity index (χ4n) is 5.01. The van der Waals surface area contributed by atoms with Crippen molar-refractivity contribution in [1.29, 1.82) is 5.41 Å². The van der Waals surface area contributed by atoms with E-state index in [1.165, 1.54) is 35.2 Å². The molecule has 1 unspecified atom stereocenters. The molecule has 8 heteroatoms. The van der Waals surface area contributed by atoms with Crippen LogP contribution in [0, 0.1) is 18.2 Å². The third-order valence-corrected chi connectivity index (χ3v) is 7.05. The van der Waals surface area contributed by atoms with E-state index in [0.29, 0.717) is 11.7 Å². The molecule has 7 nitrogen and oxygen atoms in total. The van der Waals surface area contributed by atoms with Gasteiger partial charge in [0.15, 0.2) is 0 Å². The molecular weight excluding hydrogens is 455 g/mol. The summed E-state index contributed by atoms with van der Waals surface area (Å²) in [6.45, 7) is 6.46. The summed E-state index contributed by atoms with van der Waals surface area (Å²) in [5, 5.41) is 22.1. The second kappa shape index (κ2) is 11.0. The van der Waals surface area contributed by atoms with Gasteiger partial charge in [-0.05, 0) is 81.1 Å². The molecule has 0 saturated carbocycles. The van der Waals surface area contributed by atoms with Gasteiger partial charge in [0.1, 0.15) is 29.5 Å². The monoisotopic (exact) mass is 490 g/mol. The predicted molar refractivity (Wildman–Crippen MR) is 142 cm³/mol. The highest BCUT2D eigenvalue weighted by molar-refractivity contribution is 6.16. The Morgan fingerprint density at radius 3 is 2.67 bits per heavy atom. The van der Waals surface area contributed by atoms with E-state index in [0.717, 1.165) is 44.8 Å². The lowest BCUT2D eigenvalue weighted by Crippen LogP contribution is -2.29. The van der Waals surface area contributed by atoms with Crippen molar-refractivity contribution in [2.75, 3.05) is 31.2 Å². The maximum Gasteiger partial charge on any atom is 0.141 e. The van der Waals surface area contributed by atoms with Crippen molar-refractivity contribution in [3.63, 3.8) is 0 Å².